The first kappa shape index (κ1) is 27.1. The van der Waals surface area contributed by atoms with Crippen LogP contribution in [0.15, 0.2) is 78.9 Å². The molecule has 7 nitrogen and oxygen atoms in total. The smallest absolute Gasteiger partial charge is 0.326 e. The van der Waals surface area contributed by atoms with Crippen LogP contribution in [0.25, 0.3) is 10.9 Å². The molecule has 0 bridgehead atoms. The van der Waals surface area contributed by atoms with E-state index in [-0.39, 0.29) is 18.4 Å². The number of benzene rings is 3. The molecule has 1 aliphatic carbocycles. The van der Waals surface area contributed by atoms with E-state index in [2.05, 4.69) is 27.8 Å². The van der Waals surface area contributed by atoms with Gasteiger partial charge in [-0.15, -0.1) is 0 Å². The van der Waals surface area contributed by atoms with Crippen molar-refractivity contribution in [3.63, 3.8) is 0 Å². The number of hydrogen-bond donors (Lipinski definition) is 4. The third-order valence-electron chi connectivity index (χ3n) is 8.61. The molecule has 1 aliphatic heterocycles. The van der Waals surface area contributed by atoms with Crippen LogP contribution in [-0.2, 0) is 29.0 Å². The van der Waals surface area contributed by atoms with E-state index < -0.39 is 18.1 Å². The SMILES string of the molecule is O=C(O)C(Cc1ccc(OCc2ccccc2)cc1)NC(=O)[C@H]1Cc2c([nH]c3ccccc23)[C@@H](C2CCCCC2)N1. The summed E-state index contributed by atoms with van der Waals surface area (Å²) in [5, 5.41) is 17.6. The molecule has 4 N–H and O–H groups in total. The highest BCUT2D eigenvalue weighted by molar-refractivity contribution is 5.90. The van der Waals surface area contributed by atoms with Crippen LogP contribution in [0.3, 0.4) is 0 Å². The molecule has 1 unspecified atom stereocenters. The van der Waals surface area contributed by atoms with Gasteiger partial charge in [-0.1, -0.05) is 79.9 Å². The first-order valence-electron chi connectivity index (χ1n) is 14.7. The molecule has 4 aromatic rings. The Bertz CT molecular complexity index is 1490. The summed E-state index contributed by atoms with van der Waals surface area (Å²) >= 11 is 0. The van der Waals surface area contributed by atoms with E-state index in [1.54, 1.807) is 0 Å². The van der Waals surface area contributed by atoms with Crippen LogP contribution >= 0.6 is 0 Å². The van der Waals surface area contributed by atoms with Gasteiger partial charge < -0.3 is 20.1 Å². The van der Waals surface area contributed by atoms with Crippen molar-refractivity contribution in [2.45, 2.75) is 69.7 Å². The second kappa shape index (κ2) is 12.2. The molecule has 0 radical (unpaired) electrons. The minimum Gasteiger partial charge on any atom is -0.489 e. The molecule has 2 heterocycles. The number of para-hydroxylation sites is 1. The molecule has 1 saturated carbocycles. The zero-order chi connectivity index (χ0) is 28.2. The average Bonchev–Trinajstić information content (AvgIpc) is 3.39. The summed E-state index contributed by atoms with van der Waals surface area (Å²) in [5.74, 6) is -0.153. The largest absolute Gasteiger partial charge is 0.489 e. The lowest BCUT2D eigenvalue weighted by atomic mass is 9.79. The van der Waals surface area contributed by atoms with Gasteiger partial charge in [-0.2, -0.15) is 0 Å². The number of hydrogen-bond acceptors (Lipinski definition) is 4. The fourth-order valence-electron chi connectivity index (χ4n) is 6.45. The van der Waals surface area contributed by atoms with E-state index in [0.29, 0.717) is 24.7 Å². The van der Waals surface area contributed by atoms with Gasteiger partial charge in [-0.05, 0) is 60.1 Å². The average molecular weight is 552 g/mol. The fourth-order valence-corrected chi connectivity index (χ4v) is 6.45. The number of amides is 1. The molecule has 1 aromatic heterocycles. The number of nitrogens with one attached hydrogen (secondary N) is 3. The number of carboxylic acid groups (broad SMARTS) is 1. The zero-order valence-electron chi connectivity index (χ0n) is 23.1. The number of aliphatic carboxylic acids is 1. The Morgan fingerprint density at radius 1 is 0.902 bits per heavy atom. The quantitative estimate of drug-likeness (QED) is 0.214. The van der Waals surface area contributed by atoms with Gasteiger partial charge in [0.15, 0.2) is 0 Å². The Morgan fingerprint density at radius 3 is 2.39 bits per heavy atom. The van der Waals surface area contributed by atoms with Gasteiger partial charge in [-0.3, -0.25) is 10.1 Å². The highest BCUT2D eigenvalue weighted by Gasteiger charge is 2.38. The van der Waals surface area contributed by atoms with Crippen molar-refractivity contribution in [1.82, 2.24) is 15.6 Å². The van der Waals surface area contributed by atoms with Crippen molar-refractivity contribution in [2.75, 3.05) is 0 Å². The van der Waals surface area contributed by atoms with Crippen molar-refractivity contribution in [3.05, 3.63) is 101 Å². The van der Waals surface area contributed by atoms with Crippen LogP contribution in [0, 0.1) is 5.92 Å². The molecule has 41 heavy (non-hydrogen) atoms. The van der Waals surface area contributed by atoms with E-state index >= 15 is 0 Å². The maximum absolute atomic E-state index is 13.6. The van der Waals surface area contributed by atoms with Crippen molar-refractivity contribution in [3.8, 4) is 5.75 Å². The summed E-state index contributed by atoms with van der Waals surface area (Å²) in [6.07, 6.45) is 6.63. The lowest BCUT2D eigenvalue weighted by Crippen LogP contribution is -2.55. The number of carboxylic acids is 1. The summed E-state index contributed by atoms with van der Waals surface area (Å²) in [7, 11) is 0. The van der Waals surface area contributed by atoms with Crippen molar-refractivity contribution in [1.29, 1.82) is 0 Å². The number of carbonyl (C=O) groups excluding carboxylic acids is 1. The summed E-state index contributed by atoms with van der Waals surface area (Å²) in [6, 6.07) is 24.1. The van der Waals surface area contributed by atoms with Crippen LogP contribution in [0.4, 0.5) is 0 Å². The number of aromatic amines is 1. The number of ether oxygens (including phenoxy) is 1. The normalized spacial score (nSPS) is 19.8. The number of fused-ring (bicyclic) bond motifs is 3. The lowest BCUT2D eigenvalue weighted by molar-refractivity contribution is -0.142. The topological polar surface area (TPSA) is 103 Å². The Hall–Kier alpha value is -4.10. The van der Waals surface area contributed by atoms with E-state index in [0.717, 1.165) is 34.9 Å². The number of rotatable bonds is 9. The van der Waals surface area contributed by atoms with Gasteiger partial charge in [0.2, 0.25) is 5.91 Å². The molecule has 0 saturated heterocycles. The predicted molar refractivity (Wildman–Crippen MR) is 159 cm³/mol. The monoisotopic (exact) mass is 551 g/mol. The second-order valence-electron chi connectivity index (χ2n) is 11.4. The molecule has 2 aliphatic rings. The Balaban J connectivity index is 1.14. The third-order valence-corrected chi connectivity index (χ3v) is 8.61. The van der Waals surface area contributed by atoms with E-state index in [1.807, 2.05) is 66.7 Å². The highest BCUT2D eigenvalue weighted by Crippen LogP contribution is 2.40. The molecular formula is C34H37N3O4. The molecular weight excluding hydrogens is 514 g/mol. The van der Waals surface area contributed by atoms with Crippen LogP contribution < -0.4 is 15.4 Å². The van der Waals surface area contributed by atoms with Crippen LogP contribution in [0.1, 0.15) is 60.5 Å². The number of aromatic nitrogens is 1. The maximum atomic E-state index is 13.6. The van der Waals surface area contributed by atoms with Crippen molar-refractivity contribution >= 4 is 22.8 Å². The summed E-state index contributed by atoms with van der Waals surface area (Å²) in [6.45, 7) is 0.461. The van der Waals surface area contributed by atoms with E-state index in [1.165, 1.54) is 30.5 Å². The zero-order valence-corrected chi connectivity index (χ0v) is 23.1. The predicted octanol–water partition coefficient (Wildman–Crippen LogP) is 5.69. The van der Waals surface area contributed by atoms with Gasteiger partial charge in [-0.25, -0.2) is 4.79 Å². The molecule has 3 atom stereocenters. The number of H-pyrrole nitrogens is 1. The molecule has 7 heteroatoms. The van der Waals surface area contributed by atoms with Gasteiger partial charge in [0.05, 0.1) is 12.1 Å². The Kier molecular flexibility index (Phi) is 8.05. The lowest BCUT2D eigenvalue weighted by Gasteiger charge is -2.37. The number of carbonyl (C=O) groups is 2. The van der Waals surface area contributed by atoms with E-state index in [9.17, 15) is 14.7 Å². The van der Waals surface area contributed by atoms with Crippen molar-refractivity contribution < 1.29 is 19.4 Å². The molecule has 212 valence electrons. The van der Waals surface area contributed by atoms with Crippen LogP contribution in [0.5, 0.6) is 5.75 Å². The van der Waals surface area contributed by atoms with Gasteiger partial charge in [0.25, 0.3) is 0 Å². The maximum Gasteiger partial charge on any atom is 0.326 e. The molecule has 1 fully saturated rings. The Morgan fingerprint density at radius 2 is 1.63 bits per heavy atom. The third kappa shape index (κ3) is 6.15. The fraction of sp³-hybridized carbons (Fsp3) is 0.353. The second-order valence-corrected chi connectivity index (χ2v) is 11.4. The van der Waals surface area contributed by atoms with Crippen LogP contribution in [0.2, 0.25) is 0 Å². The van der Waals surface area contributed by atoms with E-state index in [4.69, 9.17) is 4.74 Å². The first-order chi connectivity index (χ1) is 20.0. The molecule has 6 rings (SSSR count). The molecule has 0 spiro atoms. The minimum atomic E-state index is -1.05. The van der Waals surface area contributed by atoms with Crippen LogP contribution in [-0.4, -0.2) is 34.1 Å². The molecule has 1 amide bonds. The van der Waals surface area contributed by atoms with Gasteiger partial charge >= 0.3 is 5.97 Å². The molecule has 3 aromatic carbocycles. The van der Waals surface area contributed by atoms with Crippen molar-refractivity contribution in [2.24, 2.45) is 5.92 Å². The summed E-state index contributed by atoms with van der Waals surface area (Å²) in [5.41, 5.74) is 5.34. The first-order valence-corrected chi connectivity index (χ1v) is 14.7. The highest BCUT2D eigenvalue weighted by atomic mass is 16.5. The standard InChI is InChI=1S/C34H37N3O4/c38-33(37-30(34(39)40)19-22-15-17-25(18-16-22)41-21-23-9-3-1-4-10-23)29-20-27-26-13-7-8-14-28(26)35-32(27)31(36-29)24-11-5-2-6-12-24/h1,3-4,7-10,13-18,24,29-31,35-36H,2,5-6,11-12,19-21H2,(H,37,38)(H,39,40)/t29-,30?,31-/m1/s1. The van der Waals surface area contributed by atoms with Gasteiger partial charge in [0.1, 0.15) is 18.4 Å². The summed E-state index contributed by atoms with van der Waals surface area (Å²) < 4.78 is 5.86. The Labute approximate surface area is 240 Å². The minimum absolute atomic E-state index is 0.0499. The summed E-state index contributed by atoms with van der Waals surface area (Å²) in [4.78, 5) is 29.5. The van der Waals surface area contributed by atoms with Gasteiger partial charge in [0, 0.05) is 23.0 Å².